The molecule has 0 saturated carbocycles. The minimum absolute atomic E-state index is 0.0467. The zero-order valence-corrected chi connectivity index (χ0v) is 15.8. The van der Waals surface area contributed by atoms with Gasteiger partial charge in [0.05, 0.1) is 10.2 Å². The quantitative estimate of drug-likeness (QED) is 0.742. The molecule has 1 amide bonds. The third-order valence-electron chi connectivity index (χ3n) is 3.99. The van der Waals surface area contributed by atoms with Gasteiger partial charge in [0, 0.05) is 30.8 Å². The standard InChI is InChI=1S/C16H21BrN4O3/c1-9-8-20(15(23)24-16(2,3)4)6-5-10-12(9)19-13-11(17)7-18-21(13)14(10)22/h7,9,18H,5-6,8H2,1-4H3. The molecule has 3 rings (SSSR count). The summed E-state index contributed by atoms with van der Waals surface area (Å²) >= 11 is 3.40. The first-order valence-electron chi connectivity index (χ1n) is 7.93. The van der Waals surface area contributed by atoms with E-state index in [0.717, 1.165) is 10.2 Å². The Bertz CT molecular complexity index is 849. The van der Waals surface area contributed by atoms with Crippen LogP contribution in [0.4, 0.5) is 4.79 Å². The summed E-state index contributed by atoms with van der Waals surface area (Å²) in [7, 11) is 0. The van der Waals surface area contributed by atoms with E-state index in [9.17, 15) is 9.59 Å². The van der Waals surface area contributed by atoms with Crippen LogP contribution < -0.4 is 5.56 Å². The van der Waals surface area contributed by atoms with Gasteiger partial charge >= 0.3 is 6.09 Å². The number of amides is 1. The zero-order valence-electron chi connectivity index (χ0n) is 14.2. The van der Waals surface area contributed by atoms with Gasteiger partial charge in [-0.2, -0.15) is 0 Å². The summed E-state index contributed by atoms with van der Waals surface area (Å²) in [5, 5.41) is 2.90. The third-order valence-corrected chi connectivity index (χ3v) is 4.57. The molecule has 24 heavy (non-hydrogen) atoms. The number of nitrogens with one attached hydrogen (secondary N) is 1. The fourth-order valence-corrected chi connectivity index (χ4v) is 3.30. The predicted octanol–water partition coefficient (Wildman–Crippen LogP) is 2.68. The Balaban J connectivity index is 1.96. The van der Waals surface area contributed by atoms with Gasteiger partial charge in [-0.3, -0.25) is 9.89 Å². The number of aromatic amines is 1. The fraction of sp³-hybridized carbons (Fsp3) is 0.562. The summed E-state index contributed by atoms with van der Waals surface area (Å²) in [6.07, 6.45) is 1.81. The molecular weight excluding hydrogens is 376 g/mol. The molecule has 1 N–H and O–H groups in total. The van der Waals surface area contributed by atoms with Crippen molar-refractivity contribution in [2.24, 2.45) is 0 Å². The first-order chi connectivity index (χ1) is 11.2. The van der Waals surface area contributed by atoms with Crippen molar-refractivity contribution in [1.29, 1.82) is 0 Å². The molecule has 0 fully saturated rings. The molecule has 7 nitrogen and oxygen atoms in total. The van der Waals surface area contributed by atoms with Crippen LogP contribution in [0.2, 0.25) is 0 Å². The maximum absolute atomic E-state index is 12.7. The molecule has 0 spiro atoms. The van der Waals surface area contributed by atoms with Crippen molar-refractivity contribution in [3.63, 3.8) is 0 Å². The van der Waals surface area contributed by atoms with Crippen molar-refractivity contribution in [1.82, 2.24) is 19.5 Å². The number of H-pyrrole nitrogens is 1. The monoisotopic (exact) mass is 396 g/mol. The van der Waals surface area contributed by atoms with E-state index in [1.54, 1.807) is 11.1 Å². The van der Waals surface area contributed by atoms with E-state index in [2.05, 4.69) is 26.0 Å². The number of aromatic nitrogens is 3. The van der Waals surface area contributed by atoms with Crippen LogP contribution in [0.5, 0.6) is 0 Å². The molecule has 0 saturated heterocycles. The second-order valence-electron chi connectivity index (χ2n) is 7.14. The molecule has 3 heterocycles. The Hall–Kier alpha value is -1.83. The molecule has 0 bridgehead atoms. The Labute approximate surface area is 148 Å². The lowest BCUT2D eigenvalue weighted by Crippen LogP contribution is -2.39. The van der Waals surface area contributed by atoms with Crippen LogP contribution in [0.3, 0.4) is 0 Å². The summed E-state index contributed by atoms with van der Waals surface area (Å²) in [6.45, 7) is 8.42. The van der Waals surface area contributed by atoms with Crippen molar-refractivity contribution >= 4 is 27.7 Å². The third kappa shape index (κ3) is 3.07. The lowest BCUT2D eigenvalue weighted by molar-refractivity contribution is 0.0248. The van der Waals surface area contributed by atoms with Gasteiger partial charge in [0.25, 0.3) is 5.56 Å². The molecule has 1 aliphatic rings. The van der Waals surface area contributed by atoms with E-state index in [4.69, 9.17) is 4.74 Å². The summed E-state index contributed by atoms with van der Waals surface area (Å²) in [5.74, 6) is -0.0467. The first kappa shape index (κ1) is 17.0. The van der Waals surface area contributed by atoms with E-state index >= 15 is 0 Å². The van der Waals surface area contributed by atoms with Crippen LogP contribution in [-0.4, -0.2) is 44.3 Å². The molecule has 130 valence electrons. The van der Waals surface area contributed by atoms with Crippen molar-refractivity contribution < 1.29 is 9.53 Å². The number of ether oxygens (including phenoxy) is 1. The number of rotatable bonds is 0. The minimum Gasteiger partial charge on any atom is -0.444 e. The highest BCUT2D eigenvalue weighted by molar-refractivity contribution is 9.10. The Morgan fingerprint density at radius 3 is 2.83 bits per heavy atom. The average Bonchev–Trinajstić information content (AvgIpc) is 2.74. The normalized spacial score (nSPS) is 18.4. The smallest absolute Gasteiger partial charge is 0.410 e. The molecule has 8 heteroatoms. The topological polar surface area (TPSA) is 79.7 Å². The Morgan fingerprint density at radius 1 is 1.46 bits per heavy atom. The second-order valence-corrected chi connectivity index (χ2v) is 7.99. The van der Waals surface area contributed by atoms with Crippen LogP contribution in [0.1, 0.15) is 44.9 Å². The summed E-state index contributed by atoms with van der Waals surface area (Å²) in [6, 6.07) is 0. The number of fused-ring (bicyclic) bond motifs is 2. The van der Waals surface area contributed by atoms with E-state index in [0.29, 0.717) is 30.7 Å². The molecule has 1 aliphatic heterocycles. The molecule has 2 aromatic heterocycles. The predicted molar refractivity (Wildman–Crippen MR) is 93.4 cm³/mol. The van der Waals surface area contributed by atoms with E-state index in [1.165, 1.54) is 4.52 Å². The molecular formula is C16H21BrN4O3. The summed E-state index contributed by atoms with van der Waals surface area (Å²) < 4.78 is 7.63. The highest BCUT2D eigenvalue weighted by atomic mass is 79.9. The van der Waals surface area contributed by atoms with Crippen LogP contribution in [-0.2, 0) is 11.2 Å². The maximum Gasteiger partial charge on any atom is 0.410 e. The van der Waals surface area contributed by atoms with Crippen molar-refractivity contribution in [3.8, 4) is 0 Å². The van der Waals surface area contributed by atoms with Gasteiger partial charge in [-0.1, -0.05) is 6.92 Å². The first-order valence-corrected chi connectivity index (χ1v) is 8.73. The second kappa shape index (κ2) is 5.91. The van der Waals surface area contributed by atoms with Crippen LogP contribution in [0.15, 0.2) is 15.5 Å². The number of halogens is 1. The van der Waals surface area contributed by atoms with Gasteiger partial charge in [-0.15, -0.1) is 0 Å². The van der Waals surface area contributed by atoms with Gasteiger partial charge in [0.2, 0.25) is 0 Å². The molecule has 2 aromatic rings. The number of hydrogen-bond acceptors (Lipinski definition) is 4. The maximum atomic E-state index is 12.7. The van der Waals surface area contributed by atoms with E-state index < -0.39 is 5.60 Å². The summed E-state index contributed by atoms with van der Waals surface area (Å²) in [5.41, 5.74) is 1.32. The van der Waals surface area contributed by atoms with Gasteiger partial charge in [-0.25, -0.2) is 14.3 Å². The van der Waals surface area contributed by atoms with Crippen LogP contribution in [0, 0.1) is 0 Å². The van der Waals surface area contributed by atoms with E-state index in [1.807, 2.05) is 27.7 Å². The van der Waals surface area contributed by atoms with Crippen LogP contribution in [0.25, 0.3) is 5.65 Å². The van der Waals surface area contributed by atoms with Gasteiger partial charge in [0.1, 0.15) is 5.60 Å². The largest absolute Gasteiger partial charge is 0.444 e. The molecule has 0 radical (unpaired) electrons. The number of hydrogen-bond donors (Lipinski definition) is 1. The number of carbonyl (C=O) groups is 1. The molecule has 0 aliphatic carbocycles. The van der Waals surface area contributed by atoms with Gasteiger partial charge in [-0.05, 0) is 43.1 Å². The van der Waals surface area contributed by atoms with Crippen molar-refractivity contribution in [2.45, 2.75) is 45.6 Å². The number of nitrogens with zero attached hydrogens (tertiary/aromatic N) is 3. The Kier molecular flexibility index (Phi) is 4.19. The zero-order chi connectivity index (χ0) is 17.6. The number of carbonyl (C=O) groups excluding carboxylic acids is 1. The van der Waals surface area contributed by atoms with Gasteiger partial charge < -0.3 is 9.64 Å². The lowest BCUT2D eigenvalue weighted by atomic mass is 10.0. The minimum atomic E-state index is -0.544. The molecule has 1 atom stereocenters. The highest BCUT2D eigenvalue weighted by Gasteiger charge is 2.30. The van der Waals surface area contributed by atoms with Crippen LogP contribution >= 0.6 is 15.9 Å². The lowest BCUT2D eigenvalue weighted by Gasteiger charge is -2.27. The molecule has 0 aromatic carbocycles. The highest BCUT2D eigenvalue weighted by Crippen LogP contribution is 2.25. The Morgan fingerprint density at radius 2 is 2.17 bits per heavy atom. The summed E-state index contributed by atoms with van der Waals surface area (Å²) in [4.78, 5) is 31.4. The fourth-order valence-electron chi connectivity index (χ4n) is 2.93. The molecule has 1 unspecified atom stereocenters. The van der Waals surface area contributed by atoms with Gasteiger partial charge in [0.15, 0.2) is 5.65 Å². The average molecular weight is 397 g/mol. The van der Waals surface area contributed by atoms with Crippen molar-refractivity contribution in [3.05, 3.63) is 32.3 Å². The van der Waals surface area contributed by atoms with Crippen molar-refractivity contribution in [2.75, 3.05) is 13.1 Å². The van der Waals surface area contributed by atoms with E-state index in [-0.39, 0.29) is 17.6 Å². The SMILES string of the molecule is CC1CN(C(=O)OC(C)(C)C)CCc2c1nc1c(Br)c[nH]n1c2=O.